The van der Waals surface area contributed by atoms with Gasteiger partial charge in [-0.05, 0) is 65.0 Å². The van der Waals surface area contributed by atoms with Gasteiger partial charge in [-0.2, -0.15) is 0 Å². The Bertz CT molecular complexity index is 794. The molecule has 0 bridgehead atoms. The van der Waals surface area contributed by atoms with E-state index in [2.05, 4.69) is 11.4 Å². The van der Waals surface area contributed by atoms with Gasteiger partial charge in [-0.25, -0.2) is 0 Å². The first kappa shape index (κ1) is 18.3. The van der Waals surface area contributed by atoms with E-state index in [-0.39, 0.29) is 23.7 Å². The summed E-state index contributed by atoms with van der Waals surface area (Å²) in [7, 11) is 0. The van der Waals surface area contributed by atoms with Crippen molar-refractivity contribution >= 4 is 5.91 Å². The van der Waals surface area contributed by atoms with Crippen LogP contribution in [-0.4, -0.2) is 17.6 Å². The maximum atomic E-state index is 12.8. The molecule has 1 atom stereocenters. The Morgan fingerprint density at radius 1 is 1.19 bits per heavy atom. The number of fused-ring (bicyclic) bond motifs is 1. The lowest BCUT2D eigenvalue weighted by Gasteiger charge is -2.38. The number of hydrogen-bond acceptors (Lipinski definition) is 3. The van der Waals surface area contributed by atoms with Crippen LogP contribution in [0.2, 0.25) is 0 Å². The number of rotatable bonds is 4. The second-order valence-corrected chi connectivity index (χ2v) is 7.82. The number of amides is 1. The molecule has 4 heteroatoms. The molecule has 1 amide bonds. The Labute approximate surface area is 155 Å². The monoisotopic (exact) mass is 353 g/mol. The van der Waals surface area contributed by atoms with Gasteiger partial charge >= 0.3 is 0 Å². The van der Waals surface area contributed by atoms with Crippen LogP contribution in [0.5, 0.6) is 11.5 Å². The Morgan fingerprint density at radius 2 is 1.88 bits per heavy atom. The number of ether oxygens (including phenoxy) is 2. The van der Waals surface area contributed by atoms with Gasteiger partial charge in [0.05, 0.1) is 12.1 Å². The molecule has 0 saturated carbocycles. The van der Waals surface area contributed by atoms with Crippen LogP contribution in [0.4, 0.5) is 0 Å². The van der Waals surface area contributed by atoms with Gasteiger partial charge in [0.15, 0.2) is 0 Å². The first-order valence-electron chi connectivity index (χ1n) is 9.11. The number of benzene rings is 2. The zero-order valence-corrected chi connectivity index (χ0v) is 16.1. The topological polar surface area (TPSA) is 47.6 Å². The Hall–Kier alpha value is -2.49. The third kappa shape index (κ3) is 4.18. The van der Waals surface area contributed by atoms with E-state index >= 15 is 0 Å². The van der Waals surface area contributed by atoms with Crippen molar-refractivity contribution in [3.63, 3.8) is 0 Å². The predicted octanol–water partition coefficient (Wildman–Crippen LogP) is 4.81. The lowest BCUT2D eigenvalue weighted by atomic mass is 9.88. The van der Waals surface area contributed by atoms with Gasteiger partial charge < -0.3 is 14.8 Å². The molecule has 1 aliphatic rings. The highest BCUT2D eigenvalue weighted by Gasteiger charge is 2.34. The molecule has 1 N–H and O–H groups in total. The SMILES string of the molecule is Cc1ccc2c(c1)[C@@H](NC(=O)c1ccc(OC(C)C)cc1)CC(C)(C)O2. The second-order valence-electron chi connectivity index (χ2n) is 7.82. The van der Waals surface area contributed by atoms with Crippen LogP contribution in [0.25, 0.3) is 0 Å². The Kier molecular flexibility index (Phi) is 4.94. The van der Waals surface area contributed by atoms with Crippen LogP contribution in [0.15, 0.2) is 42.5 Å². The van der Waals surface area contributed by atoms with Crippen molar-refractivity contribution < 1.29 is 14.3 Å². The standard InChI is InChI=1S/C22H27NO3/c1-14(2)25-17-9-7-16(8-10-17)21(24)23-19-13-22(4,5)26-20-11-6-15(3)12-18(19)20/h6-12,14,19H,13H2,1-5H3,(H,23,24)/t19-/m0/s1. The van der Waals surface area contributed by atoms with E-state index < -0.39 is 0 Å². The summed E-state index contributed by atoms with van der Waals surface area (Å²) in [4.78, 5) is 12.8. The fourth-order valence-corrected chi connectivity index (χ4v) is 3.30. The van der Waals surface area contributed by atoms with E-state index in [1.54, 1.807) is 12.1 Å². The maximum Gasteiger partial charge on any atom is 0.251 e. The maximum absolute atomic E-state index is 12.8. The zero-order valence-electron chi connectivity index (χ0n) is 16.1. The van der Waals surface area contributed by atoms with Crippen LogP contribution in [0.1, 0.15) is 61.6 Å². The molecule has 1 heterocycles. The van der Waals surface area contributed by atoms with E-state index in [0.717, 1.165) is 29.0 Å². The van der Waals surface area contributed by atoms with Crippen LogP contribution >= 0.6 is 0 Å². The first-order chi connectivity index (χ1) is 12.2. The Balaban J connectivity index is 1.79. The highest BCUT2D eigenvalue weighted by molar-refractivity contribution is 5.94. The summed E-state index contributed by atoms with van der Waals surface area (Å²) < 4.78 is 11.7. The summed E-state index contributed by atoms with van der Waals surface area (Å²) in [5.74, 6) is 1.53. The minimum absolute atomic E-state index is 0.0762. The molecule has 3 rings (SSSR count). The molecule has 0 aliphatic carbocycles. The molecular weight excluding hydrogens is 326 g/mol. The zero-order chi connectivity index (χ0) is 18.9. The van der Waals surface area contributed by atoms with Crippen molar-refractivity contribution in [2.45, 2.75) is 58.8 Å². The number of hydrogen-bond donors (Lipinski definition) is 1. The van der Waals surface area contributed by atoms with Crippen LogP contribution in [0.3, 0.4) is 0 Å². The highest BCUT2D eigenvalue weighted by Crippen LogP contribution is 2.40. The number of aryl methyl sites for hydroxylation is 1. The van der Waals surface area contributed by atoms with E-state index in [9.17, 15) is 4.79 Å². The molecule has 0 radical (unpaired) electrons. The summed E-state index contributed by atoms with van der Waals surface area (Å²) in [6.07, 6.45) is 0.836. The third-order valence-electron chi connectivity index (χ3n) is 4.42. The smallest absolute Gasteiger partial charge is 0.251 e. The second kappa shape index (κ2) is 7.02. The van der Waals surface area contributed by atoms with Gasteiger partial charge in [0.1, 0.15) is 17.1 Å². The number of carbonyl (C=O) groups is 1. The predicted molar refractivity (Wildman–Crippen MR) is 103 cm³/mol. The van der Waals surface area contributed by atoms with Gasteiger partial charge in [0.2, 0.25) is 0 Å². The molecular formula is C22H27NO3. The van der Waals surface area contributed by atoms with E-state index in [4.69, 9.17) is 9.47 Å². The van der Waals surface area contributed by atoms with E-state index in [1.807, 2.05) is 58.9 Å². The van der Waals surface area contributed by atoms with E-state index in [1.165, 1.54) is 0 Å². The quantitative estimate of drug-likeness (QED) is 0.858. The fourth-order valence-electron chi connectivity index (χ4n) is 3.30. The molecule has 138 valence electrons. The number of carbonyl (C=O) groups excluding carboxylic acids is 1. The lowest BCUT2D eigenvalue weighted by molar-refractivity contribution is 0.0619. The van der Waals surface area contributed by atoms with Crippen molar-refractivity contribution in [1.82, 2.24) is 5.32 Å². The number of nitrogens with one attached hydrogen (secondary N) is 1. The molecule has 0 fully saturated rings. The Morgan fingerprint density at radius 3 is 2.54 bits per heavy atom. The van der Waals surface area contributed by atoms with Gasteiger partial charge in [-0.3, -0.25) is 4.79 Å². The fraction of sp³-hybridized carbons (Fsp3) is 0.409. The molecule has 0 unspecified atom stereocenters. The summed E-state index contributed by atoms with van der Waals surface area (Å²) in [5, 5.41) is 3.17. The van der Waals surface area contributed by atoms with Gasteiger partial charge in [0.25, 0.3) is 5.91 Å². The normalized spacial score (nSPS) is 18.0. The van der Waals surface area contributed by atoms with Crippen molar-refractivity contribution in [2.75, 3.05) is 0 Å². The lowest BCUT2D eigenvalue weighted by Crippen LogP contribution is -2.41. The van der Waals surface area contributed by atoms with Crippen molar-refractivity contribution in [2.24, 2.45) is 0 Å². The van der Waals surface area contributed by atoms with Crippen LogP contribution < -0.4 is 14.8 Å². The molecule has 26 heavy (non-hydrogen) atoms. The molecule has 2 aromatic carbocycles. The molecule has 0 saturated heterocycles. The molecule has 4 nitrogen and oxygen atoms in total. The van der Waals surface area contributed by atoms with Crippen molar-refractivity contribution in [1.29, 1.82) is 0 Å². The highest BCUT2D eigenvalue weighted by atomic mass is 16.5. The molecule has 0 spiro atoms. The minimum atomic E-state index is -0.324. The summed E-state index contributed by atoms with van der Waals surface area (Å²) >= 11 is 0. The first-order valence-corrected chi connectivity index (χ1v) is 9.11. The summed E-state index contributed by atoms with van der Waals surface area (Å²) in [6.45, 7) is 10.1. The van der Waals surface area contributed by atoms with Crippen LogP contribution in [0, 0.1) is 6.92 Å². The molecule has 1 aliphatic heterocycles. The average Bonchev–Trinajstić information content (AvgIpc) is 2.55. The van der Waals surface area contributed by atoms with Crippen molar-refractivity contribution in [3.05, 3.63) is 59.2 Å². The van der Waals surface area contributed by atoms with Gasteiger partial charge in [-0.15, -0.1) is 0 Å². The van der Waals surface area contributed by atoms with Crippen molar-refractivity contribution in [3.8, 4) is 11.5 Å². The molecule has 0 aromatic heterocycles. The molecule has 2 aromatic rings. The minimum Gasteiger partial charge on any atom is -0.491 e. The van der Waals surface area contributed by atoms with Gasteiger partial charge in [0, 0.05) is 17.5 Å². The third-order valence-corrected chi connectivity index (χ3v) is 4.42. The summed E-state index contributed by atoms with van der Waals surface area (Å²) in [5.41, 5.74) is 2.49. The van der Waals surface area contributed by atoms with E-state index in [0.29, 0.717) is 5.56 Å². The largest absolute Gasteiger partial charge is 0.491 e. The van der Waals surface area contributed by atoms with Crippen LogP contribution in [-0.2, 0) is 0 Å². The average molecular weight is 353 g/mol. The summed E-state index contributed by atoms with van der Waals surface area (Å²) in [6, 6.07) is 13.3. The van der Waals surface area contributed by atoms with Gasteiger partial charge in [-0.1, -0.05) is 17.7 Å².